The van der Waals surface area contributed by atoms with E-state index in [4.69, 9.17) is 4.74 Å². The van der Waals surface area contributed by atoms with Gasteiger partial charge in [0.05, 0.1) is 25.7 Å². The zero-order chi connectivity index (χ0) is 20.6. The predicted octanol–water partition coefficient (Wildman–Crippen LogP) is 3.11. The molecule has 0 aliphatic carbocycles. The molecule has 0 bridgehead atoms. The van der Waals surface area contributed by atoms with Gasteiger partial charge < -0.3 is 19.9 Å². The molecule has 2 amide bonds. The van der Waals surface area contributed by atoms with Gasteiger partial charge in [0.2, 0.25) is 11.8 Å². The first kappa shape index (κ1) is 20.9. The van der Waals surface area contributed by atoms with Gasteiger partial charge in [0, 0.05) is 31.5 Å². The van der Waals surface area contributed by atoms with E-state index in [1.807, 2.05) is 61.5 Å². The van der Waals surface area contributed by atoms with Gasteiger partial charge in [-0.15, -0.1) is 0 Å². The standard InChI is InChI=1S/C23H29N3O3/c1-3-21(18-7-5-4-6-8-18)23(28)25(2)17-22(27)24-19-9-11-20(12-10-19)26-13-15-29-16-14-26/h4-12,21H,3,13-17H2,1-2H3,(H,24,27). The summed E-state index contributed by atoms with van der Waals surface area (Å²) in [6.07, 6.45) is 0.692. The summed E-state index contributed by atoms with van der Waals surface area (Å²) >= 11 is 0. The van der Waals surface area contributed by atoms with Crippen molar-refractivity contribution in [2.24, 2.45) is 0 Å². The van der Waals surface area contributed by atoms with Gasteiger partial charge in [0.1, 0.15) is 0 Å². The van der Waals surface area contributed by atoms with Crippen LogP contribution in [0.3, 0.4) is 0 Å². The molecule has 0 spiro atoms. The van der Waals surface area contributed by atoms with E-state index in [2.05, 4.69) is 10.2 Å². The highest BCUT2D eigenvalue weighted by molar-refractivity contribution is 5.95. The average molecular weight is 396 g/mol. The highest BCUT2D eigenvalue weighted by atomic mass is 16.5. The summed E-state index contributed by atoms with van der Waals surface area (Å²) < 4.78 is 5.38. The highest BCUT2D eigenvalue weighted by Crippen LogP contribution is 2.22. The zero-order valence-electron chi connectivity index (χ0n) is 17.1. The first-order valence-corrected chi connectivity index (χ1v) is 10.1. The van der Waals surface area contributed by atoms with Gasteiger partial charge in [0.25, 0.3) is 0 Å². The van der Waals surface area contributed by atoms with Crippen molar-refractivity contribution in [3.8, 4) is 0 Å². The second kappa shape index (κ2) is 10.1. The third-order valence-corrected chi connectivity index (χ3v) is 5.19. The minimum atomic E-state index is -0.234. The molecule has 1 saturated heterocycles. The van der Waals surface area contributed by atoms with Crippen molar-refractivity contribution in [1.29, 1.82) is 0 Å². The number of morpholine rings is 1. The quantitative estimate of drug-likeness (QED) is 0.783. The molecule has 6 heteroatoms. The van der Waals surface area contributed by atoms with Crippen LogP contribution in [0.15, 0.2) is 54.6 Å². The summed E-state index contributed by atoms with van der Waals surface area (Å²) in [5, 5.41) is 2.88. The maximum Gasteiger partial charge on any atom is 0.243 e. The molecule has 3 rings (SSSR count). The van der Waals surface area contributed by atoms with Gasteiger partial charge in [-0.1, -0.05) is 37.3 Å². The van der Waals surface area contributed by atoms with Crippen LogP contribution >= 0.6 is 0 Å². The van der Waals surface area contributed by atoms with Crippen molar-refractivity contribution in [2.45, 2.75) is 19.3 Å². The van der Waals surface area contributed by atoms with E-state index in [1.165, 1.54) is 4.90 Å². The number of anilines is 2. The number of hydrogen-bond acceptors (Lipinski definition) is 4. The molecule has 0 aromatic heterocycles. The molecule has 29 heavy (non-hydrogen) atoms. The van der Waals surface area contributed by atoms with E-state index in [-0.39, 0.29) is 24.3 Å². The Morgan fingerprint density at radius 2 is 1.72 bits per heavy atom. The van der Waals surface area contributed by atoms with Crippen molar-refractivity contribution in [2.75, 3.05) is 50.1 Å². The predicted molar refractivity (Wildman–Crippen MR) is 115 cm³/mol. The molecular weight excluding hydrogens is 366 g/mol. The number of nitrogens with zero attached hydrogens (tertiary/aromatic N) is 2. The van der Waals surface area contributed by atoms with Crippen molar-refractivity contribution in [1.82, 2.24) is 4.90 Å². The molecule has 1 heterocycles. The molecule has 1 fully saturated rings. The second-order valence-corrected chi connectivity index (χ2v) is 7.26. The van der Waals surface area contributed by atoms with Crippen molar-refractivity contribution >= 4 is 23.2 Å². The average Bonchev–Trinajstić information content (AvgIpc) is 2.76. The number of ether oxygens (including phenoxy) is 1. The third kappa shape index (κ3) is 5.57. The molecule has 2 aromatic rings. The van der Waals surface area contributed by atoms with E-state index >= 15 is 0 Å². The number of hydrogen-bond donors (Lipinski definition) is 1. The number of nitrogens with one attached hydrogen (secondary N) is 1. The summed E-state index contributed by atoms with van der Waals surface area (Å²) in [6.45, 7) is 5.23. The van der Waals surface area contributed by atoms with Crippen LogP contribution in [-0.2, 0) is 14.3 Å². The number of carbonyl (C=O) groups is 2. The lowest BCUT2D eigenvalue weighted by molar-refractivity contribution is -0.134. The minimum absolute atomic E-state index is 0.0212. The van der Waals surface area contributed by atoms with E-state index in [1.54, 1.807) is 7.05 Å². The van der Waals surface area contributed by atoms with Gasteiger partial charge in [-0.2, -0.15) is 0 Å². The molecule has 2 aromatic carbocycles. The SMILES string of the molecule is CCC(C(=O)N(C)CC(=O)Nc1ccc(N2CCOCC2)cc1)c1ccccc1. The van der Waals surface area contributed by atoms with E-state index < -0.39 is 0 Å². The Kier molecular flexibility index (Phi) is 7.25. The van der Waals surface area contributed by atoms with Gasteiger partial charge in [-0.3, -0.25) is 9.59 Å². The Hall–Kier alpha value is -2.86. The number of amides is 2. The largest absolute Gasteiger partial charge is 0.378 e. The Bertz CT molecular complexity index is 802. The number of rotatable bonds is 7. The first-order chi connectivity index (χ1) is 14.1. The number of carbonyl (C=O) groups excluding carboxylic acids is 2. The van der Waals surface area contributed by atoms with Gasteiger partial charge in [-0.25, -0.2) is 0 Å². The molecule has 0 saturated carbocycles. The second-order valence-electron chi connectivity index (χ2n) is 7.26. The van der Waals surface area contributed by atoms with Crippen LogP contribution in [0.1, 0.15) is 24.8 Å². The molecule has 1 unspecified atom stereocenters. The van der Waals surface area contributed by atoms with Gasteiger partial charge in [-0.05, 0) is 36.2 Å². The minimum Gasteiger partial charge on any atom is -0.378 e. The lowest BCUT2D eigenvalue weighted by atomic mass is 9.95. The fraction of sp³-hybridized carbons (Fsp3) is 0.391. The summed E-state index contributed by atoms with van der Waals surface area (Å²) in [5.41, 5.74) is 2.82. The van der Waals surface area contributed by atoms with E-state index in [9.17, 15) is 9.59 Å². The highest BCUT2D eigenvalue weighted by Gasteiger charge is 2.23. The fourth-order valence-corrected chi connectivity index (χ4v) is 3.58. The monoisotopic (exact) mass is 395 g/mol. The van der Waals surface area contributed by atoms with Crippen LogP contribution in [0, 0.1) is 0 Å². The topological polar surface area (TPSA) is 61.9 Å². The first-order valence-electron chi connectivity index (χ1n) is 10.1. The molecule has 1 N–H and O–H groups in total. The summed E-state index contributed by atoms with van der Waals surface area (Å²) in [4.78, 5) is 29.0. The van der Waals surface area contributed by atoms with E-state index in [0.29, 0.717) is 6.42 Å². The van der Waals surface area contributed by atoms with Crippen LogP contribution in [0.25, 0.3) is 0 Å². The molecule has 0 radical (unpaired) electrons. The van der Waals surface area contributed by atoms with Crippen LogP contribution in [-0.4, -0.2) is 56.6 Å². The Morgan fingerprint density at radius 3 is 2.34 bits per heavy atom. The van der Waals surface area contributed by atoms with Gasteiger partial charge in [0.15, 0.2) is 0 Å². The zero-order valence-corrected chi connectivity index (χ0v) is 17.1. The third-order valence-electron chi connectivity index (χ3n) is 5.19. The van der Waals surface area contributed by atoms with Crippen LogP contribution < -0.4 is 10.2 Å². The number of benzene rings is 2. The van der Waals surface area contributed by atoms with Crippen LogP contribution in [0.5, 0.6) is 0 Å². The molecule has 6 nitrogen and oxygen atoms in total. The number of likely N-dealkylation sites (N-methyl/N-ethyl adjacent to an activating group) is 1. The normalized spacial score (nSPS) is 14.9. The summed E-state index contributed by atoms with van der Waals surface area (Å²) in [7, 11) is 1.68. The summed E-state index contributed by atoms with van der Waals surface area (Å²) in [5.74, 6) is -0.485. The fourth-order valence-electron chi connectivity index (χ4n) is 3.58. The van der Waals surface area contributed by atoms with Crippen LogP contribution in [0.4, 0.5) is 11.4 Å². The van der Waals surface area contributed by atoms with Crippen molar-refractivity contribution in [3.05, 3.63) is 60.2 Å². The molecule has 1 aliphatic heterocycles. The Labute approximate surface area is 172 Å². The Morgan fingerprint density at radius 1 is 1.07 bits per heavy atom. The lowest BCUT2D eigenvalue weighted by Gasteiger charge is -2.29. The molecule has 154 valence electrons. The maximum absolute atomic E-state index is 12.8. The van der Waals surface area contributed by atoms with Crippen molar-refractivity contribution in [3.63, 3.8) is 0 Å². The molecular formula is C23H29N3O3. The molecule has 1 atom stereocenters. The maximum atomic E-state index is 12.8. The summed E-state index contributed by atoms with van der Waals surface area (Å²) in [6, 6.07) is 17.5. The van der Waals surface area contributed by atoms with Crippen molar-refractivity contribution < 1.29 is 14.3 Å². The smallest absolute Gasteiger partial charge is 0.243 e. The molecule has 1 aliphatic rings. The van der Waals surface area contributed by atoms with Gasteiger partial charge >= 0.3 is 0 Å². The van der Waals surface area contributed by atoms with Crippen LogP contribution in [0.2, 0.25) is 0 Å². The Balaban J connectivity index is 1.54. The lowest BCUT2D eigenvalue weighted by Crippen LogP contribution is -2.37. The van der Waals surface area contributed by atoms with E-state index in [0.717, 1.165) is 43.2 Å².